The van der Waals surface area contributed by atoms with Crippen LogP contribution in [0.5, 0.6) is 5.75 Å². The second-order valence-electron chi connectivity index (χ2n) is 7.17. The van der Waals surface area contributed by atoms with Gasteiger partial charge in [0.1, 0.15) is 5.02 Å². The van der Waals surface area contributed by atoms with Gasteiger partial charge in [-0.15, -0.1) is 0 Å². The lowest BCUT2D eigenvalue weighted by Crippen LogP contribution is -2.28. The largest absolute Gasteiger partial charge is 0.478 e. The van der Waals surface area contributed by atoms with E-state index in [1.807, 2.05) is 30.0 Å². The van der Waals surface area contributed by atoms with Crippen molar-refractivity contribution in [2.24, 2.45) is 7.05 Å². The Hall–Kier alpha value is -3.37. The number of benzene rings is 1. The first-order valence-electron chi connectivity index (χ1n) is 10.4. The predicted molar refractivity (Wildman–Crippen MR) is 129 cm³/mol. The standard InChI is InChI=1S/C22H27ClN6O4/c1-5-29(8-9-32-4)22-25-12-16(23)20(27-22)26-15-6-7-17-14(10-15)11-18(21(31)28(17)3)33-13-19(30)24-2/h6-7,10-12H,5,8-9,13H2,1-4H3,(H,24,30)(H,25,26,27). The van der Waals surface area contributed by atoms with Crippen LogP contribution in [0, 0.1) is 0 Å². The van der Waals surface area contributed by atoms with Crippen LogP contribution in [0.3, 0.4) is 0 Å². The number of halogens is 1. The third-order valence-electron chi connectivity index (χ3n) is 5.05. The highest BCUT2D eigenvalue weighted by molar-refractivity contribution is 6.32. The zero-order chi connectivity index (χ0) is 24.0. The van der Waals surface area contributed by atoms with E-state index < -0.39 is 0 Å². The van der Waals surface area contributed by atoms with Crippen molar-refractivity contribution < 1.29 is 14.3 Å². The topological polar surface area (TPSA) is 111 Å². The first-order chi connectivity index (χ1) is 15.9. The number of carbonyl (C=O) groups is 1. The number of amides is 1. The average molecular weight is 475 g/mol. The summed E-state index contributed by atoms with van der Waals surface area (Å²) in [5, 5.41) is 6.79. The van der Waals surface area contributed by atoms with Gasteiger partial charge in [-0.05, 0) is 31.2 Å². The third-order valence-corrected chi connectivity index (χ3v) is 5.33. The summed E-state index contributed by atoms with van der Waals surface area (Å²) in [6.07, 6.45) is 1.55. The quantitative estimate of drug-likeness (QED) is 0.460. The van der Waals surface area contributed by atoms with Crippen LogP contribution in [0.4, 0.5) is 17.5 Å². The molecule has 1 amide bonds. The molecule has 176 valence electrons. The Morgan fingerprint density at radius 1 is 1.30 bits per heavy atom. The maximum absolute atomic E-state index is 12.6. The van der Waals surface area contributed by atoms with E-state index in [0.29, 0.717) is 47.7 Å². The summed E-state index contributed by atoms with van der Waals surface area (Å²) in [6, 6.07) is 7.10. The van der Waals surface area contributed by atoms with E-state index in [4.69, 9.17) is 21.1 Å². The number of fused-ring (bicyclic) bond motifs is 1. The fourth-order valence-electron chi connectivity index (χ4n) is 3.19. The van der Waals surface area contributed by atoms with Crippen LogP contribution in [0.2, 0.25) is 5.02 Å². The molecular formula is C22H27ClN6O4. The summed E-state index contributed by atoms with van der Waals surface area (Å²) in [7, 11) is 4.80. The molecule has 0 saturated heterocycles. The number of pyridine rings is 1. The van der Waals surface area contributed by atoms with E-state index in [2.05, 4.69) is 20.6 Å². The number of hydrogen-bond donors (Lipinski definition) is 2. The molecule has 0 spiro atoms. The maximum Gasteiger partial charge on any atom is 0.293 e. The van der Waals surface area contributed by atoms with E-state index in [0.717, 1.165) is 5.39 Å². The summed E-state index contributed by atoms with van der Waals surface area (Å²) >= 11 is 6.34. The Labute approximate surface area is 196 Å². The number of aromatic nitrogens is 3. The number of rotatable bonds is 10. The monoisotopic (exact) mass is 474 g/mol. The van der Waals surface area contributed by atoms with Gasteiger partial charge in [0.05, 0.1) is 18.3 Å². The fraction of sp³-hybridized carbons (Fsp3) is 0.364. The van der Waals surface area contributed by atoms with Crippen molar-refractivity contribution in [3.8, 4) is 5.75 Å². The van der Waals surface area contributed by atoms with Gasteiger partial charge in [0.2, 0.25) is 5.95 Å². The van der Waals surface area contributed by atoms with Gasteiger partial charge in [0.15, 0.2) is 18.2 Å². The van der Waals surface area contributed by atoms with Crippen molar-refractivity contribution in [1.29, 1.82) is 0 Å². The molecule has 2 aromatic heterocycles. The van der Waals surface area contributed by atoms with Gasteiger partial charge < -0.3 is 29.6 Å². The van der Waals surface area contributed by atoms with Crippen LogP contribution >= 0.6 is 11.6 Å². The van der Waals surface area contributed by atoms with Crippen molar-refractivity contribution in [3.63, 3.8) is 0 Å². The number of nitrogens with one attached hydrogen (secondary N) is 2. The maximum atomic E-state index is 12.6. The van der Waals surface area contributed by atoms with Crippen molar-refractivity contribution in [3.05, 3.63) is 45.8 Å². The minimum absolute atomic E-state index is 0.0878. The number of methoxy groups -OCH3 is 1. The molecule has 0 aliphatic carbocycles. The Kier molecular flexibility index (Phi) is 8.07. The smallest absolute Gasteiger partial charge is 0.293 e. The van der Waals surface area contributed by atoms with Gasteiger partial charge >= 0.3 is 0 Å². The van der Waals surface area contributed by atoms with Crippen molar-refractivity contribution >= 4 is 45.9 Å². The highest BCUT2D eigenvalue weighted by Gasteiger charge is 2.13. The Balaban J connectivity index is 1.91. The lowest BCUT2D eigenvalue weighted by Gasteiger charge is -2.21. The van der Waals surface area contributed by atoms with Gasteiger partial charge in [0.25, 0.3) is 11.5 Å². The Morgan fingerprint density at radius 3 is 2.79 bits per heavy atom. The second kappa shape index (κ2) is 11.0. The van der Waals surface area contributed by atoms with E-state index in [-0.39, 0.29) is 23.8 Å². The molecule has 3 rings (SSSR count). The van der Waals surface area contributed by atoms with Crippen LogP contribution in [-0.2, 0) is 16.6 Å². The van der Waals surface area contributed by atoms with Crippen molar-refractivity contribution in [2.75, 3.05) is 50.7 Å². The van der Waals surface area contributed by atoms with Gasteiger partial charge in [-0.1, -0.05) is 11.6 Å². The lowest BCUT2D eigenvalue weighted by molar-refractivity contribution is -0.122. The zero-order valence-corrected chi connectivity index (χ0v) is 19.8. The van der Waals surface area contributed by atoms with E-state index in [9.17, 15) is 9.59 Å². The van der Waals surface area contributed by atoms with Gasteiger partial charge in [-0.25, -0.2) is 4.98 Å². The summed E-state index contributed by atoms with van der Waals surface area (Å²) in [5.41, 5.74) is 1.10. The molecule has 2 heterocycles. The molecule has 0 atom stereocenters. The van der Waals surface area contributed by atoms with E-state index in [1.165, 1.54) is 11.6 Å². The fourth-order valence-corrected chi connectivity index (χ4v) is 3.32. The van der Waals surface area contributed by atoms with Crippen molar-refractivity contribution in [1.82, 2.24) is 19.9 Å². The first kappa shape index (κ1) is 24.3. The highest BCUT2D eigenvalue weighted by atomic mass is 35.5. The van der Waals surface area contributed by atoms with Crippen LogP contribution in [-0.4, -0.2) is 60.9 Å². The van der Waals surface area contributed by atoms with E-state index >= 15 is 0 Å². The molecule has 0 unspecified atom stereocenters. The number of nitrogens with zero attached hydrogens (tertiary/aromatic N) is 4. The molecule has 0 saturated carbocycles. The number of anilines is 3. The number of likely N-dealkylation sites (N-methyl/N-ethyl adjacent to an activating group) is 2. The zero-order valence-electron chi connectivity index (χ0n) is 19.0. The predicted octanol–water partition coefficient (Wildman–Crippen LogP) is 2.32. The average Bonchev–Trinajstić information content (AvgIpc) is 2.82. The third kappa shape index (κ3) is 5.71. The highest BCUT2D eigenvalue weighted by Crippen LogP contribution is 2.27. The summed E-state index contributed by atoms with van der Waals surface area (Å²) in [6.45, 7) is 3.68. The normalized spacial score (nSPS) is 10.8. The summed E-state index contributed by atoms with van der Waals surface area (Å²) in [5.74, 6) is 0.755. The summed E-state index contributed by atoms with van der Waals surface area (Å²) in [4.78, 5) is 34.9. The lowest BCUT2D eigenvalue weighted by atomic mass is 10.2. The molecule has 1 aromatic carbocycles. The van der Waals surface area contributed by atoms with E-state index in [1.54, 1.807) is 26.4 Å². The molecule has 33 heavy (non-hydrogen) atoms. The van der Waals surface area contributed by atoms with Crippen LogP contribution in [0.15, 0.2) is 35.3 Å². The number of aryl methyl sites for hydroxylation is 1. The molecule has 0 radical (unpaired) electrons. The van der Waals surface area contributed by atoms with Crippen LogP contribution in [0.25, 0.3) is 10.9 Å². The van der Waals surface area contributed by atoms with Gasteiger partial charge in [0, 0.05) is 45.4 Å². The van der Waals surface area contributed by atoms with Gasteiger partial charge in [-0.3, -0.25) is 9.59 Å². The van der Waals surface area contributed by atoms with Gasteiger partial charge in [-0.2, -0.15) is 4.98 Å². The number of ether oxygens (including phenoxy) is 2. The first-order valence-corrected chi connectivity index (χ1v) is 10.8. The molecule has 11 heteroatoms. The SMILES string of the molecule is CCN(CCOC)c1ncc(Cl)c(Nc2ccc3c(c2)cc(OCC(=O)NC)c(=O)n3C)n1. The molecule has 0 aliphatic rings. The minimum atomic E-state index is -0.327. The molecule has 3 aromatic rings. The molecule has 0 aliphatic heterocycles. The molecular weight excluding hydrogens is 448 g/mol. The number of hydrogen-bond acceptors (Lipinski definition) is 8. The molecule has 0 bridgehead atoms. The van der Waals surface area contributed by atoms with Crippen molar-refractivity contribution in [2.45, 2.75) is 6.92 Å². The second-order valence-corrected chi connectivity index (χ2v) is 7.58. The molecule has 2 N–H and O–H groups in total. The Bertz CT molecular complexity index is 1200. The Morgan fingerprint density at radius 2 is 2.09 bits per heavy atom. The number of carbonyl (C=O) groups excluding carboxylic acids is 1. The molecule has 10 nitrogen and oxygen atoms in total. The summed E-state index contributed by atoms with van der Waals surface area (Å²) < 4.78 is 12.0. The van der Waals surface area contributed by atoms with Crippen LogP contribution < -0.4 is 25.8 Å². The van der Waals surface area contributed by atoms with Crippen LogP contribution in [0.1, 0.15) is 6.92 Å². The molecule has 0 fully saturated rings. The minimum Gasteiger partial charge on any atom is -0.478 e.